The highest BCUT2D eigenvalue weighted by molar-refractivity contribution is 9.10. The van der Waals surface area contributed by atoms with Gasteiger partial charge >= 0.3 is 7.32 Å². The molecule has 0 fully saturated rings. The van der Waals surface area contributed by atoms with Crippen molar-refractivity contribution in [3.63, 3.8) is 0 Å². The van der Waals surface area contributed by atoms with E-state index in [4.69, 9.17) is 14.8 Å². The number of benzene rings is 1. The molecule has 0 amide bonds. The number of ether oxygens (including phenoxy) is 1. The van der Waals surface area contributed by atoms with Gasteiger partial charge in [0.15, 0.2) is 5.82 Å². The zero-order chi connectivity index (χ0) is 10.7. The van der Waals surface area contributed by atoms with Crippen LogP contribution in [0.3, 0.4) is 0 Å². The second kappa shape index (κ2) is 4.63. The minimum Gasteiger partial charge on any atom is -0.509 e. The minimum absolute atomic E-state index is 0.292. The van der Waals surface area contributed by atoms with E-state index in [1.807, 2.05) is 0 Å². The zero-order valence-corrected chi connectivity index (χ0v) is 8.78. The predicted octanol–water partition coefficient (Wildman–Crippen LogP) is 0.945. The molecule has 1 aromatic rings. The van der Waals surface area contributed by atoms with Gasteiger partial charge in [0.25, 0.3) is 0 Å². The summed E-state index contributed by atoms with van der Waals surface area (Å²) in [5.74, 6) is -0.673. The molecule has 1 rings (SSSR count). The zero-order valence-electron chi connectivity index (χ0n) is 7.20. The van der Waals surface area contributed by atoms with E-state index in [1.165, 1.54) is 13.2 Å². The van der Waals surface area contributed by atoms with E-state index in [0.29, 0.717) is 10.2 Å². The quantitative estimate of drug-likeness (QED) is 0.798. The van der Waals surface area contributed by atoms with Gasteiger partial charge in [0.2, 0.25) is 0 Å². The molecule has 2 N–H and O–H groups in total. The molecule has 0 unspecified atom stereocenters. The Bertz CT molecular complexity index is 334. The molecule has 0 aliphatic heterocycles. The largest absolute Gasteiger partial charge is 0.707 e. The molecule has 0 saturated carbocycles. The van der Waals surface area contributed by atoms with Crippen LogP contribution in [0.15, 0.2) is 16.6 Å². The van der Waals surface area contributed by atoms with Crippen LogP contribution in [0, 0.1) is 5.82 Å². The molecule has 0 radical (unpaired) electrons. The number of halogens is 2. The second-order valence-electron chi connectivity index (χ2n) is 2.36. The summed E-state index contributed by atoms with van der Waals surface area (Å²) in [7, 11) is -0.660. The highest BCUT2D eigenvalue weighted by Gasteiger charge is 2.16. The Morgan fingerprint density at radius 2 is 2.00 bits per heavy atom. The molecule has 7 heteroatoms. The third kappa shape index (κ3) is 2.60. The SMILES string of the molecule is COc1cc(OB(O)O)c(F)cc1Br. The third-order valence-electron chi connectivity index (χ3n) is 1.44. The highest BCUT2D eigenvalue weighted by Crippen LogP contribution is 2.31. The molecule has 0 spiro atoms. The molecular formula is C7H7BBrFO4. The van der Waals surface area contributed by atoms with Crippen molar-refractivity contribution in [3.8, 4) is 11.5 Å². The average molecular weight is 265 g/mol. The number of methoxy groups -OCH3 is 1. The van der Waals surface area contributed by atoms with Crippen molar-refractivity contribution in [1.29, 1.82) is 0 Å². The first-order valence-electron chi connectivity index (χ1n) is 3.60. The molecule has 76 valence electrons. The van der Waals surface area contributed by atoms with E-state index < -0.39 is 13.1 Å². The molecule has 0 atom stereocenters. The van der Waals surface area contributed by atoms with Gasteiger partial charge in [-0.1, -0.05) is 0 Å². The fourth-order valence-electron chi connectivity index (χ4n) is 0.871. The van der Waals surface area contributed by atoms with Crippen LogP contribution in [0.5, 0.6) is 11.5 Å². The van der Waals surface area contributed by atoms with Gasteiger partial charge in [0, 0.05) is 6.07 Å². The molecule has 0 aliphatic rings. The lowest BCUT2D eigenvalue weighted by Gasteiger charge is -2.09. The Kier molecular flexibility index (Phi) is 3.73. The molecule has 0 aliphatic carbocycles. The summed E-state index contributed by atoms with van der Waals surface area (Å²) >= 11 is 3.06. The smallest absolute Gasteiger partial charge is 0.509 e. The predicted molar refractivity (Wildman–Crippen MR) is 51.5 cm³/mol. The Morgan fingerprint density at radius 1 is 1.36 bits per heavy atom. The van der Waals surface area contributed by atoms with E-state index in [-0.39, 0.29) is 5.75 Å². The van der Waals surface area contributed by atoms with E-state index in [9.17, 15) is 4.39 Å². The summed E-state index contributed by atoms with van der Waals surface area (Å²) in [6.45, 7) is 0. The van der Waals surface area contributed by atoms with Crippen LogP contribution in [0.25, 0.3) is 0 Å². The lowest BCUT2D eigenvalue weighted by Crippen LogP contribution is -2.21. The van der Waals surface area contributed by atoms with Crippen molar-refractivity contribution in [2.45, 2.75) is 0 Å². The molecule has 14 heavy (non-hydrogen) atoms. The molecular weight excluding hydrogens is 258 g/mol. The van der Waals surface area contributed by atoms with E-state index in [1.54, 1.807) is 0 Å². The van der Waals surface area contributed by atoms with Gasteiger partial charge < -0.3 is 19.4 Å². The van der Waals surface area contributed by atoms with Crippen molar-refractivity contribution >= 4 is 23.3 Å². The van der Waals surface area contributed by atoms with Gasteiger partial charge in [-0.25, -0.2) is 4.39 Å². The molecule has 0 heterocycles. The Balaban J connectivity index is 3.04. The highest BCUT2D eigenvalue weighted by atomic mass is 79.9. The van der Waals surface area contributed by atoms with Gasteiger partial charge in [-0.2, -0.15) is 0 Å². The normalized spacial score (nSPS) is 9.79. The van der Waals surface area contributed by atoms with Crippen LogP contribution >= 0.6 is 15.9 Å². The molecule has 0 bridgehead atoms. The summed E-state index contributed by atoms with van der Waals surface area (Å²) in [6.07, 6.45) is 0. The Hall–Kier alpha value is -0.785. The van der Waals surface area contributed by atoms with Crippen molar-refractivity contribution in [2.75, 3.05) is 7.11 Å². The van der Waals surface area contributed by atoms with Crippen molar-refractivity contribution in [3.05, 3.63) is 22.4 Å². The fraction of sp³-hybridized carbons (Fsp3) is 0.143. The average Bonchev–Trinajstić information content (AvgIpc) is 2.09. The monoisotopic (exact) mass is 264 g/mol. The van der Waals surface area contributed by atoms with Crippen molar-refractivity contribution in [1.82, 2.24) is 0 Å². The lowest BCUT2D eigenvalue weighted by atomic mass is 10.2. The summed E-state index contributed by atoms with van der Waals surface area (Å²) in [5.41, 5.74) is 0. The first-order valence-corrected chi connectivity index (χ1v) is 4.39. The van der Waals surface area contributed by atoms with E-state index in [2.05, 4.69) is 20.6 Å². The fourth-order valence-corrected chi connectivity index (χ4v) is 1.35. The van der Waals surface area contributed by atoms with Crippen LogP contribution in [-0.4, -0.2) is 24.5 Å². The van der Waals surface area contributed by atoms with Crippen molar-refractivity contribution in [2.24, 2.45) is 0 Å². The maximum absolute atomic E-state index is 13.1. The summed E-state index contributed by atoms with van der Waals surface area (Å²) in [5, 5.41) is 17.0. The maximum Gasteiger partial charge on any atom is 0.707 e. The lowest BCUT2D eigenvalue weighted by molar-refractivity contribution is 0.280. The Labute approximate surface area is 88.6 Å². The van der Waals surface area contributed by atoms with E-state index >= 15 is 0 Å². The number of hydrogen-bond donors (Lipinski definition) is 2. The summed E-state index contributed by atoms with van der Waals surface area (Å²) < 4.78 is 22.8. The van der Waals surface area contributed by atoms with Crippen LogP contribution in [0.1, 0.15) is 0 Å². The first-order chi connectivity index (χ1) is 6.54. The van der Waals surface area contributed by atoms with E-state index in [0.717, 1.165) is 6.07 Å². The maximum atomic E-state index is 13.1. The Morgan fingerprint density at radius 3 is 2.50 bits per heavy atom. The summed E-state index contributed by atoms with van der Waals surface area (Å²) in [6, 6.07) is 2.31. The third-order valence-corrected chi connectivity index (χ3v) is 2.06. The number of hydrogen-bond acceptors (Lipinski definition) is 4. The van der Waals surface area contributed by atoms with Crippen molar-refractivity contribution < 1.29 is 23.8 Å². The molecule has 0 aromatic heterocycles. The standard InChI is InChI=1S/C7H7BBrFO4/c1-13-6-3-7(14-8(11)12)5(10)2-4(6)9/h2-3,11-12H,1H3. The minimum atomic E-state index is -2.06. The van der Waals surface area contributed by atoms with Gasteiger partial charge in [0.05, 0.1) is 11.6 Å². The van der Waals surface area contributed by atoms with Gasteiger partial charge in [0.1, 0.15) is 11.5 Å². The van der Waals surface area contributed by atoms with Gasteiger partial charge in [-0.15, -0.1) is 0 Å². The number of rotatable bonds is 3. The van der Waals surface area contributed by atoms with Crippen LogP contribution < -0.4 is 9.39 Å². The molecule has 0 saturated heterocycles. The molecule has 4 nitrogen and oxygen atoms in total. The van der Waals surface area contributed by atoms with Gasteiger partial charge in [-0.3, -0.25) is 0 Å². The topological polar surface area (TPSA) is 58.9 Å². The summed E-state index contributed by atoms with van der Waals surface area (Å²) in [4.78, 5) is 0. The van der Waals surface area contributed by atoms with Crippen LogP contribution in [0.2, 0.25) is 0 Å². The second-order valence-corrected chi connectivity index (χ2v) is 3.22. The van der Waals surface area contributed by atoms with Crippen LogP contribution in [-0.2, 0) is 0 Å². The first kappa shape index (κ1) is 11.3. The van der Waals surface area contributed by atoms with Gasteiger partial charge in [-0.05, 0) is 22.0 Å². The molecule has 1 aromatic carbocycles. The van der Waals surface area contributed by atoms with Crippen LogP contribution in [0.4, 0.5) is 4.39 Å².